The topological polar surface area (TPSA) is 75.7 Å². The minimum atomic E-state index is -1.27. The fourth-order valence-corrected chi connectivity index (χ4v) is 1.70. The first kappa shape index (κ1) is 15.3. The summed E-state index contributed by atoms with van der Waals surface area (Å²) in [6.07, 6.45) is 2.32. The number of aliphatic carboxylic acids is 1. The molecule has 0 heterocycles. The second-order valence-corrected chi connectivity index (χ2v) is 4.34. The Kier molecular flexibility index (Phi) is 4.93. The molecule has 0 atom stereocenters. The highest BCUT2D eigenvalue weighted by Gasteiger charge is 2.08. The molecule has 5 nitrogen and oxygen atoms in total. The zero-order valence-corrected chi connectivity index (χ0v) is 11.8. The lowest BCUT2D eigenvalue weighted by molar-refractivity contribution is -0.297. The van der Waals surface area contributed by atoms with Crippen molar-refractivity contribution in [2.45, 2.75) is 0 Å². The normalized spacial score (nSPS) is 10.4. The SMILES string of the molecule is COc1ccc(C(=O)Oc2ccc(/C=C/C(=O)[O-])cc2)cc1. The van der Waals surface area contributed by atoms with Crippen molar-refractivity contribution in [1.82, 2.24) is 0 Å². The second kappa shape index (κ2) is 7.08. The predicted molar refractivity (Wildman–Crippen MR) is 78.4 cm³/mol. The summed E-state index contributed by atoms with van der Waals surface area (Å²) in [5.41, 5.74) is 1.06. The smallest absolute Gasteiger partial charge is 0.343 e. The van der Waals surface area contributed by atoms with Crippen LogP contribution in [0.15, 0.2) is 54.6 Å². The summed E-state index contributed by atoms with van der Waals surface area (Å²) in [4.78, 5) is 22.3. The van der Waals surface area contributed by atoms with Crippen LogP contribution in [0.1, 0.15) is 15.9 Å². The van der Waals surface area contributed by atoms with Gasteiger partial charge in [0.1, 0.15) is 11.5 Å². The quantitative estimate of drug-likeness (QED) is 0.477. The van der Waals surface area contributed by atoms with Crippen LogP contribution in [-0.4, -0.2) is 19.0 Å². The third kappa shape index (κ3) is 4.21. The lowest BCUT2D eigenvalue weighted by atomic mass is 10.2. The van der Waals surface area contributed by atoms with Crippen molar-refractivity contribution in [2.75, 3.05) is 7.11 Å². The molecule has 0 fully saturated rings. The molecule has 0 unspecified atom stereocenters. The molecule has 0 N–H and O–H groups in total. The first-order valence-corrected chi connectivity index (χ1v) is 6.44. The Hall–Kier alpha value is -3.08. The number of rotatable bonds is 5. The number of esters is 1. The van der Waals surface area contributed by atoms with E-state index in [1.807, 2.05) is 0 Å². The van der Waals surface area contributed by atoms with E-state index < -0.39 is 11.9 Å². The van der Waals surface area contributed by atoms with Gasteiger partial charge >= 0.3 is 5.97 Å². The average Bonchev–Trinajstić information content (AvgIpc) is 2.54. The summed E-state index contributed by atoms with van der Waals surface area (Å²) in [7, 11) is 1.55. The van der Waals surface area contributed by atoms with Crippen LogP contribution in [0, 0.1) is 0 Å². The zero-order chi connectivity index (χ0) is 15.9. The van der Waals surface area contributed by atoms with Crippen molar-refractivity contribution in [3.8, 4) is 11.5 Å². The molecule has 0 spiro atoms. The Balaban J connectivity index is 2.03. The molecule has 0 aliphatic heterocycles. The molecule has 2 aromatic carbocycles. The van der Waals surface area contributed by atoms with E-state index in [1.54, 1.807) is 55.6 Å². The molecule has 0 aliphatic carbocycles. The van der Waals surface area contributed by atoms with Crippen LogP contribution in [0.3, 0.4) is 0 Å². The Morgan fingerprint density at radius 3 is 2.09 bits per heavy atom. The number of hydrogen-bond donors (Lipinski definition) is 0. The maximum atomic E-state index is 12.0. The molecule has 0 saturated heterocycles. The largest absolute Gasteiger partial charge is 0.545 e. The first-order valence-electron chi connectivity index (χ1n) is 6.44. The van der Waals surface area contributed by atoms with Gasteiger partial charge in [-0.1, -0.05) is 18.2 Å². The monoisotopic (exact) mass is 297 g/mol. The van der Waals surface area contributed by atoms with E-state index in [0.717, 1.165) is 6.08 Å². The third-order valence-electron chi connectivity index (χ3n) is 2.83. The predicted octanol–water partition coefficient (Wildman–Crippen LogP) is 1.68. The summed E-state index contributed by atoms with van der Waals surface area (Å²) in [6.45, 7) is 0. The molecule has 112 valence electrons. The van der Waals surface area contributed by atoms with Gasteiger partial charge in [0.05, 0.1) is 18.6 Å². The number of benzene rings is 2. The molecule has 2 rings (SSSR count). The van der Waals surface area contributed by atoms with Crippen LogP contribution in [0.5, 0.6) is 11.5 Å². The van der Waals surface area contributed by atoms with Gasteiger partial charge in [-0.05, 0) is 48.0 Å². The van der Waals surface area contributed by atoms with Crippen molar-refractivity contribution < 1.29 is 24.2 Å². The highest BCUT2D eigenvalue weighted by atomic mass is 16.5. The van der Waals surface area contributed by atoms with Crippen LogP contribution in [0.2, 0.25) is 0 Å². The number of carboxylic acid groups (broad SMARTS) is 1. The second-order valence-electron chi connectivity index (χ2n) is 4.34. The van der Waals surface area contributed by atoms with Gasteiger partial charge in [-0.3, -0.25) is 0 Å². The molecular weight excluding hydrogens is 284 g/mol. The van der Waals surface area contributed by atoms with Crippen LogP contribution < -0.4 is 14.6 Å². The number of carbonyl (C=O) groups excluding carboxylic acids is 2. The van der Waals surface area contributed by atoms with Gasteiger partial charge < -0.3 is 19.4 Å². The molecule has 0 bridgehead atoms. The highest BCUT2D eigenvalue weighted by Crippen LogP contribution is 2.17. The summed E-state index contributed by atoms with van der Waals surface area (Å²) in [5.74, 6) is -0.734. The summed E-state index contributed by atoms with van der Waals surface area (Å²) < 4.78 is 10.2. The number of ether oxygens (including phenoxy) is 2. The van der Waals surface area contributed by atoms with Crippen LogP contribution in [0.4, 0.5) is 0 Å². The number of carbonyl (C=O) groups is 2. The molecule has 2 aromatic rings. The van der Waals surface area contributed by atoms with Crippen LogP contribution in [-0.2, 0) is 4.79 Å². The summed E-state index contributed by atoms with van der Waals surface area (Å²) >= 11 is 0. The van der Waals surface area contributed by atoms with E-state index in [2.05, 4.69) is 0 Å². The minimum Gasteiger partial charge on any atom is -0.545 e. The molecule has 0 radical (unpaired) electrons. The lowest BCUT2D eigenvalue weighted by Crippen LogP contribution is -2.18. The van der Waals surface area contributed by atoms with Crippen molar-refractivity contribution in [1.29, 1.82) is 0 Å². The van der Waals surface area contributed by atoms with Gasteiger partial charge in [-0.2, -0.15) is 0 Å². The van der Waals surface area contributed by atoms with Crippen molar-refractivity contribution in [3.63, 3.8) is 0 Å². The van der Waals surface area contributed by atoms with Crippen molar-refractivity contribution >= 4 is 18.0 Å². The highest BCUT2D eigenvalue weighted by molar-refractivity contribution is 5.91. The fourth-order valence-electron chi connectivity index (χ4n) is 1.70. The fraction of sp³-hybridized carbons (Fsp3) is 0.0588. The number of hydrogen-bond acceptors (Lipinski definition) is 5. The van der Waals surface area contributed by atoms with E-state index in [1.165, 1.54) is 6.08 Å². The number of methoxy groups -OCH3 is 1. The average molecular weight is 297 g/mol. The van der Waals surface area contributed by atoms with Gasteiger partial charge in [0, 0.05) is 0 Å². The Morgan fingerprint density at radius 2 is 1.55 bits per heavy atom. The van der Waals surface area contributed by atoms with Gasteiger partial charge in [-0.25, -0.2) is 4.79 Å². The maximum absolute atomic E-state index is 12.0. The molecule has 0 aromatic heterocycles. The Labute approximate surface area is 127 Å². The Bertz CT molecular complexity index is 684. The van der Waals surface area contributed by atoms with E-state index >= 15 is 0 Å². The van der Waals surface area contributed by atoms with Gasteiger partial charge in [0.15, 0.2) is 0 Å². The third-order valence-corrected chi connectivity index (χ3v) is 2.83. The minimum absolute atomic E-state index is 0.367. The standard InChI is InChI=1S/C17H14O5/c1-21-14-9-5-13(6-10-14)17(20)22-15-7-2-12(3-8-15)4-11-16(18)19/h2-11H,1H3,(H,18,19)/p-1/b11-4+. The van der Waals surface area contributed by atoms with Gasteiger partial charge in [0.25, 0.3) is 0 Å². The van der Waals surface area contributed by atoms with Crippen LogP contribution >= 0.6 is 0 Å². The van der Waals surface area contributed by atoms with E-state index in [4.69, 9.17) is 9.47 Å². The molecule has 0 saturated carbocycles. The van der Waals surface area contributed by atoms with E-state index in [0.29, 0.717) is 22.6 Å². The van der Waals surface area contributed by atoms with E-state index in [9.17, 15) is 14.7 Å². The lowest BCUT2D eigenvalue weighted by Gasteiger charge is -2.05. The van der Waals surface area contributed by atoms with Gasteiger partial charge in [0.2, 0.25) is 0 Å². The van der Waals surface area contributed by atoms with Crippen molar-refractivity contribution in [3.05, 3.63) is 65.7 Å². The molecular formula is C17H13O5-. The molecule has 0 aliphatic rings. The molecule has 22 heavy (non-hydrogen) atoms. The van der Waals surface area contributed by atoms with E-state index in [-0.39, 0.29) is 0 Å². The summed E-state index contributed by atoms with van der Waals surface area (Å²) in [6, 6.07) is 13.0. The molecule has 0 amide bonds. The number of carboxylic acids is 1. The first-order chi connectivity index (χ1) is 10.6. The maximum Gasteiger partial charge on any atom is 0.343 e. The van der Waals surface area contributed by atoms with Crippen LogP contribution in [0.25, 0.3) is 6.08 Å². The van der Waals surface area contributed by atoms with Crippen molar-refractivity contribution in [2.24, 2.45) is 0 Å². The zero-order valence-electron chi connectivity index (χ0n) is 11.8. The Morgan fingerprint density at radius 1 is 0.955 bits per heavy atom. The summed E-state index contributed by atoms with van der Waals surface area (Å²) in [5, 5.41) is 10.3. The molecule has 5 heteroatoms. The van der Waals surface area contributed by atoms with Gasteiger partial charge in [-0.15, -0.1) is 0 Å².